The minimum Gasteiger partial charge on any atom is -0.376 e. The van der Waals surface area contributed by atoms with Gasteiger partial charge in [0.2, 0.25) is 5.82 Å². The van der Waals surface area contributed by atoms with E-state index in [1.807, 2.05) is 6.92 Å². The standard InChI is InChI=1S/C10H13N3O3/c1-6-4-12-10(9(11)14)13-8(6)7-5-15-2-3-16-7/h4,7H,2-3,5H2,1H3,(H2,11,14). The predicted molar refractivity (Wildman–Crippen MR) is 54.8 cm³/mol. The molecule has 0 spiro atoms. The normalized spacial score (nSPS) is 20.7. The Labute approximate surface area is 92.8 Å². The van der Waals surface area contributed by atoms with Crippen molar-refractivity contribution in [2.75, 3.05) is 19.8 Å². The monoisotopic (exact) mass is 223 g/mol. The number of primary amides is 1. The smallest absolute Gasteiger partial charge is 0.286 e. The summed E-state index contributed by atoms with van der Waals surface area (Å²) in [6.07, 6.45) is 1.33. The topological polar surface area (TPSA) is 87.3 Å². The van der Waals surface area contributed by atoms with Crippen LogP contribution < -0.4 is 5.73 Å². The molecule has 2 rings (SSSR count). The summed E-state index contributed by atoms with van der Waals surface area (Å²) in [5.74, 6) is -0.632. The maximum absolute atomic E-state index is 11.0. The van der Waals surface area contributed by atoms with Gasteiger partial charge in [0.15, 0.2) is 0 Å². The van der Waals surface area contributed by atoms with Crippen LogP contribution in [-0.2, 0) is 9.47 Å². The first-order chi connectivity index (χ1) is 7.68. The molecule has 0 aromatic carbocycles. The van der Waals surface area contributed by atoms with Crippen molar-refractivity contribution in [1.29, 1.82) is 0 Å². The van der Waals surface area contributed by atoms with Crippen LogP contribution in [0, 0.1) is 6.92 Å². The highest BCUT2D eigenvalue weighted by Crippen LogP contribution is 2.21. The molecular weight excluding hydrogens is 210 g/mol. The number of aryl methyl sites for hydroxylation is 1. The van der Waals surface area contributed by atoms with Crippen molar-refractivity contribution in [1.82, 2.24) is 9.97 Å². The van der Waals surface area contributed by atoms with Gasteiger partial charge in [0, 0.05) is 6.20 Å². The Balaban J connectivity index is 2.30. The van der Waals surface area contributed by atoms with E-state index in [-0.39, 0.29) is 11.9 Å². The highest BCUT2D eigenvalue weighted by atomic mass is 16.6. The Morgan fingerprint density at radius 1 is 1.56 bits per heavy atom. The molecule has 1 atom stereocenters. The first-order valence-corrected chi connectivity index (χ1v) is 5.01. The zero-order chi connectivity index (χ0) is 11.5. The van der Waals surface area contributed by atoms with Gasteiger partial charge in [-0.25, -0.2) is 9.97 Å². The van der Waals surface area contributed by atoms with E-state index in [0.717, 1.165) is 5.56 Å². The Hall–Kier alpha value is -1.53. The predicted octanol–water partition coefficient (Wildman–Crippen LogP) is -0.0282. The summed E-state index contributed by atoms with van der Waals surface area (Å²) >= 11 is 0. The van der Waals surface area contributed by atoms with E-state index in [2.05, 4.69) is 9.97 Å². The third kappa shape index (κ3) is 2.17. The minimum atomic E-state index is -0.641. The second kappa shape index (κ2) is 4.54. The van der Waals surface area contributed by atoms with Gasteiger partial charge in [0.25, 0.3) is 5.91 Å². The quantitative estimate of drug-likeness (QED) is 0.760. The van der Waals surface area contributed by atoms with Crippen LogP contribution in [0.25, 0.3) is 0 Å². The zero-order valence-electron chi connectivity index (χ0n) is 8.97. The Kier molecular flexibility index (Phi) is 3.12. The second-order valence-corrected chi connectivity index (χ2v) is 3.56. The average molecular weight is 223 g/mol. The largest absolute Gasteiger partial charge is 0.376 e. The summed E-state index contributed by atoms with van der Waals surface area (Å²) in [6, 6.07) is 0. The molecule has 2 N–H and O–H groups in total. The molecule has 1 aliphatic heterocycles. The number of carbonyl (C=O) groups is 1. The lowest BCUT2D eigenvalue weighted by molar-refractivity contribution is -0.0920. The highest BCUT2D eigenvalue weighted by molar-refractivity contribution is 5.88. The molecule has 1 amide bonds. The van der Waals surface area contributed by atoms with Gasteiger partial charge >= 0.3 is 0 Å². The molecule has 0 radical (unpaired) electrons. The fraction of sp³-hybridized carbons (Fsp3) is 0.500. The van der Waals surface area contributed by atoms with Gasteiger partial charge in [-0.2, -0.15) is 0 Å². The molecule has 0 saturated carbocycles. The average Bonchev–Trinajstić information content (AvgIpc) is 2.30. The first-order valence-electron chi connectivity index (χ1n) is 5.01. The van der Waals surface area contributed by atoms with Gasteiger partial charge in [0.05, 0.1) is 25.5 Å². The third-order valence-corrected chi connectivity index (χ3v) is 2.35. The van der Waals surface area contributed by atoms with E-state index in [0.29, 0.717) is 25.5 Å². The fourth-order valence-corrected chi connectivity index (χ4v) is 1.55. The molecule has 1 aromatic heterocycles. The number of rotatable bonds is 2. The van der Waals surface area contributed by atoms with Crippen LogP contribution in [0.15, 0.2) is 6.20 Å². The van der Waals surface area contributed by atoms with Gasteiger partial charge in [-0.1, -0.05) is 0 Å². The van der Waals surface area contributed by atoms with E-state index >= 15 is 0 Å². The summed E-state index contributed by atoms with van der Waals surface area (Å²) in [5, 5.41) is 0. The molecule has 2 heterocycles. The maximum atomic E-state index is 11.0. The van der Waals surface area contributed by atoms with Crippen molar-refractivity contribution in [2.45, 2.75) is 13.0 Å². The fourth-order valence-electron chi connectivity index (χ4n) is 1.55. The Morgan fingerprint density at radius 2 is 2.38 bits per heavy atom. The number of nitrogens with zero attached hydrogens (tertiary/aromatic N) is 2. The molecule has 0 bridgehead atoms. The van der Waals surface area contributed by atoms with Crippen LogP contribution in [0.3, 0.4) is 0 Å². The van der Waals surface area contributed by atoms with E-state index in [1.54, 1.807) is 6.20 Å². The number of amides is 1. The molecule has 16 heavy (non-hydrogen) atoms. The molecule has 1 fully saturated rings. The SMILES string of the molecule is Cc1cnc(C(N)=O)nc1C1COCCO1. The van der Waals surface area contributed by atoms with Crippen molar-refractivity contribution >= 4 is 5.91 Å². The van der Waals surface area contributed by atoms with Gasteiger partial charge in [-0.3, -0.25) is 4.79 Å². The molecule has 1 unspecified atom stereocenters. The van der Waals surface area contributed by atoms with Crippen molar-refractivity contribution < 1.29 is 14.3 Å². The first kappa shape index (κ1) is 11.0. The molecule has 6 nitrogen and oxygen atoms in total. The number of aromatic nitrogens is 2. The number of carbonyl (C=O) groups excluding carboxylic acids is 1. The van der Waals surface area contributed by atoms with Crippen LogP contribution >= 0.6 is 0 Å². The molecule has 86 valence electrons. The number of nitrogens with two attached hydrogens (primary N) is 1. The summed E-state index contributed by atoms with van der Waals surface area (Å²) in [7, 11) is 0. The second-order valence-electron chi connectivity index (χ2n) is 3.56. The van der Waals surface area contributed by atoms with Crippen LogP contribution in [0.5, 0.6) is 0 Å². The van der Waals surface area contributed by atoms with Crippen LogP contribution in [0.2, 0.25) is 0 Å². The summed E-state index contributed by atoms with van der Waals surface area (Å²) in [6.45, 7) is 3.41. The highest BCUT2D eigenvalue weighted by Gasteiger charge is 2.21. The van der Waals surface area contributed by atoms with Gasteiger partial charge in [0.1, 0.15) is 6.10 Å². The molecule has 1 saturated heterocycles. The lowest BCUT2D eigenvalue weighted by Gasteiger charge is -2.23. The van der Waals surface area contributed by atoms with Crippen LogP contribution in [0.4, 0.5) is 0 Å². The van der Waals surface area contributed by atoms with E-state index in [1.165, 1.54) is 0 Å². The zero-order valence-corrected chi connectivity index (χ0v) is 8.97. The van der Waals surface area contributed by atoms with Crippen LogP contribution in [0.1, 0.15) is 28.0 Å². The van der Waals surface area contributed by atoms with E-state index < -0.39 is 5.91 Å². The van der Waals surface area contributed by atoms with Crippen LogP contribution in [-0.4, -0.2) is 35.7 Å². The minimum absolute atomic E-state index is 0.00905. The summed E-state index contributed by atoms with van der Waals surface area (Å²) in [4.78, 5) is 18.9. The summed E-state index contributed by atoms with van der Waals surface area (Å²) in [5.41, 5.74) is 6.66. The summed E-state index contributed by atoms with van der Waals surface area (Å²) < 4.78 is 10.8. The lowest BCUT2D eigenvalue weighted by Crippen LogP contribution is -2.25. The lowest BCUT2D eigenvalue weighted by atomic mass is 10.1. The van der Waals surface area contributed by atoms with Crippen molar-refractivity contribution in [3.63, 3.8) is 0 Å². The van der Waals surface area contributed by atoms with Crippen molar-refractivity contribution in [3.8, 4) is 0 Å². The van der Waals surface area contributed by atoms with Gasteiger partial charge in [-0.15, -0.1) is 0 Å². The molecule has 6 heteroatoms. The number of hydrogen-bond acceptors (Lipinski definition) is 5. The van der Waals surface area contributed by atoms with Crippen molar-refractivity contribution in [2.24, 2.45) is 5.73 Å². The molecule has 1 aromatic rings. The number of ether oxygens (including phenoxy) is 2. The molecule has 0 aliphatic carbocycles. The molecule has 1 aliphatic rings. The van der Waals surface area contributed by atoms with Gasteiger partial charge < -0.3 is 15.2 Å². The van der Waals surface area contributed by atoms with Gasteiger partial charge in [-0.05, 0) is 12.5 Å². The number of hydrogen-bond donors (Lipinski definition) is 1. The molecular formula is C10H13N3O3. The van der Waals surface area contributed by atoms with E-state index in [9.17, 15) is 4.79 Å². The Morgan fingerprint density at radius 3 is 3.00 bits per heavy atom. The third-order valence-electron chi connectivity index (χ3n) is 2.35. The maximum Gasteiger partial charge on any atom is 0.286 e. The van der Waals surface area contributed by atoms with E-state index in [4.69, 9.17) is 15.2 Å². The Bertz CT molecular complexity index is 402. The van der Waals surface area contributed by atoms with Crippen molar-refractivity contribution in [3.05, 3.63) is 23.3 Å².